The van der Waals surface area contributed by atoms with Gasteiger partial charge >= 0.3 is 5.97 Å². The highest BCUT2D eigenvalue weighted by atomic mass is 16.7. The van der Waals surface area contributed by atoms with E-state index in [1.165, 1.54) is 0 Å². The highest BCUT2D eigenvalue weighted by molar-refractivity contribution is 5.73. The van der Waals surface area contributed by atoms with Gasteiger partial charge in [-0.05, 0) is 117 Å². The van der Waals surface area contributed by atoms with Gasteiger partial charge in [0.15, 0.2) is 12.6 Å². The first-order chi connectivity index (χ1) is 30.3. The van der Waals surface area contributed by atoms with E-state index in [9.17, 15) is 25.2 Å². The lowest BCUT2D eigenvalue weighted by atomic mass is 9.72. The van der Waals surface area contributed by atoms with Crippen LogP contribution in [-0.2, 0) is 39.8 Å². The van der Waals surface area contributed by atoms with E-state index in [2.05, 4.69) is 37.9 Å². The molecule has 0 bridgehead atoms. The molecular formula is C50H89N3O12. The first-order valence-corrected chi connectivity index (χ1v) is 24.2. The SMILES string of the molecule is CCCN1C[C@H](C)[C@@H](O)[C@](C)(O)[C@@H](CC)OC(=O)[C@H](C)[C@H](O[C@@H]2C[C@](C)(OC)[C@@](O)(CNCc3ccc(OC)cc3)[C@H](C)O2)[C@H](C)[C@@H](O[C@@H]2O[C@H](C)C[C@H](N(C)C)[C@H]2O)C(C)(C)C[C@H]1C. The number of nitrogens with zero attached hydrogens (tertiary/aromatic N) is 2. The summed E-state index contributed by atoms with van der Waals surface area (Å²) in [5.74, 6) is -1.73. The largest absolute Gasteiger partial charge is 0.497 e. The van der Waals surface area contributed by atoms with Gasteiger partial charge < -0.3 is 68.7 Å². The Morgan fingerprint density at radius 2 is 1.57 bits per heavy atom. The Morgan fingerprint density at radius 1 is 0.923 bits per heavy atom. The molecule has 3 saturated heterocycles. The Bertz CT molecular complexity index is 1620. The van der Waals surface area contributed by atoms with Crippen molar-refractivity contribution in [1.29, 1.82) is 0 Å². The van der Waals surface area contributed by atoms with Gasteiger partial charge in [0.05, 0.1) is 43.5 Å². The monoisotopic (exact) mass is 924 g/mol. The molecule has 15 heteroatoms. The van der Waals surface area contributed by atoms with Gasteiger partial charge in [-0.2, -0.15) is 0 Å². The van der Waals surface area contributed by atoms with E-state index in [-0.39, 0.29) is 43.5 Å². The zero-order chi connectivity index (χ0) is 48.8. The van der Waals surface area contributed by atoms with E-state index in [0.29, 0.717) is 25.9 Å². The van der Waals surface area contributed by atoms with Gasteiger partial charge in [-0.3, -0.25) is 4.79 Å². The van der Waals surface area contributed by atoms with Crippen LogP contribution in [0, 0.1) is 23.2 Å². The number of aliphatic hydroxyl groups excluding tert-OH is 2. The fourth-order valence-corrected chi connectivity index (χ4v) is 11.0. The number of nitrogens with one attached hydrogen (secondary N) is 1. The van der Waals surface area contributed by atoms with Crippen molar-refractivity contribution in [3.05, 3.63) is 29.8 Å². The van der Waals surface area contributed by atoms with Crippen molar-refractivity contribution in [3.63, 3.8) is 0 Å². The average Bonchev–Trinajstić information content (AvgIpc) is 3.25. The fraction of sp³-hybridized carbons (Fsp3) is 0.860. The molecule has 0 spiro atoms. The van der Waals surface area contributed by atoms with Crippen LogP contribution in [0.25, 0.3) is 0 Å². The zero-order valence-electron chi connectivity index (χ0n) is 42.7. The van der Waals surface area contributed by atoms with Crippen molar-refractivity contribution >= 4 is 5.97 Å². The summed E-state index contributed by atoms with van der Waals surface area (Å²) in [5.41, 5.74) is -4.03. The molecule has 3 heterocycles. The molecule has 1 aromatic carbocycles. The second-order valence-electron chi connectivity index (χ2n) is 21.1. The third-order valence-electron chi connectivity index (χ3n) is 15.2. The lowest BCUT2D eigenvalue weighted by Gasteiger charge is -2.54. The summed E-state index contributed by atoms with van der Waals surface area (Å²) in [6.07, 6.45) is -5.20. The second kappa shape index (κ2) is 23.1. The molecule has 0 aliphatic carbocycles. The van der Waals surface area contributed by atoms with Gasteiger partial charge in [0.2, 0.25) is 0 Å². The minimum absolute atomic E-state index is 0.00351. The van der Waals surface area contributed by atoms with Crippen LogP contribution in [0.2, 0.25) is 0 Å². The van der Waals surface area contributed by atoms with E-state index in [1.54, 1.807) is 35.0 Å². The third kappa shape index (κ3) is 12.8. The number of methoxy groups -OCH3 is 2. The quantitative estimate of drug-likeness (QED) is 0.155. The van der Waals surface area contributed by atoms with Crippen molar-refractivity contribution in [2.75, 3.05) is 47.9 Å². The van der Waals surface area contributed by atoms with Crippen LogP contribution in [0.15, 0.2) is 24.3 Å². The van der Waals surface area contributed by atoms with Crippen LogP contribution in [0.4, 0.5) is 0 Å². The number of esters is 1. The normalized spacial score (nSPS) is 41.6. The number of aliphatic hydroxyl groups is 4. The predicted octanol–water partition coefficient (Wildman–Crippen LogP) is 5.12. The molecular weight excluding hydrogens is 835 g/mol. The number of likely N-dealkylation sites (N-methyl/N-ethyl adjacent to an activating group) is 1. The maximum Gasteiger partial charge on any atom is 0.311 e. The molecule has 65 heavy (non-hydrogen) atoms. The van der Waals surface area contributed by atoms with Gasteiger partial charge in [-0.1, -0.05) is 53.7 Å². The van der Waals surface area contributed by atoms with Gasteiger partial charge in [0.25, 0.3) is 0 Å². The summed E-state index contributed by atoms with van der Waals surface area (Å²) >= 11 is 0. The van der Waals surface area contributed by atoms with Crippen LogP contribution < -0.4 is 10.1 Å². The maximum atomic E-state index is 14.6. The highest BCUT2D eigenvalue weighted by Gasteiger charge is 2.58. The van der Waals surface area contributed by atoms with Crippen LogP contribution in [0.3, 0.4) is 0 Å². The molecule has 1 aromatic rings. The Kier molecular flexibility index (Phi) is 19.7. The molecule has 376 valence electrons. The first-order valence-electron chi connectivity index (χ1n) is 24.2. The lowest BCUT2D eigenvalue weighted by Crippen LogP contribution is -2.70. The van der Waals surface area contributed by atoms with E-state index in [1.807, 2.05) is 77.9 Å². The summed E-state index contributed by atoms with van der Waals surface area (Å²) in [5, 5.41) is 51.5. The number of benzene rings is 1. The standard InChI is InChI=1S/C50H89N3O12/c1-17-23-53-28-30(3)43(55)49(12,57)39(18-2)63-45(56)34(7)42(33(6)44(47(9,10)25-31(53)4)65-46-41(54)38(52(13)14)24-32(5)61-46)64-40-26-48(11,60-16)50(58,35(8)62-40)29-51-27-36-19-21-37(59-15)22-20-36/h19-22,30-35,38-44,46,51,54-55,57-58H,17-18,23-29H2,1-16H3/t30-,31+,32+,33-,34+,35-,38-,39+,40+,41+,42+,43+,44+,46-,48-,49+,50+/m0/s1. The number of ether oxygens (including phenoxy) is 7. The molecule has 3 aliphatic rings. The van der Waals surface area contributed by atoms with Crippen molar-refractivity contribution < 1.29 is 58.4 Å². The summed E-state index contributed by atoms with van der Waals surface area (Å²) in [6.45, 7) is 25.1. The number of cyclic esters (lactones) is 1. The topological polar surface area (TPSA) is 181 Å². The van der Waals surface area contributed by atoms with Crippen LogP contribution >= 0.6 is 0 Å². The maximum absolute atomic E-state index is 14.6. The Hall–Kier alpha value is -1.99. The number of rotatable bonds is 14. The first kappa shape index (κ1) is 55.6. The van der Waals surface area contributed by atoms with E-state index >= 15 is 0 Å². The molecule has 0 unspecified atom stereocenters. The average molecular weight is 924 g/mol. The smallest absolute Gasteiger partial charge is 0.311 e. The zero-order valence-corrected chi connectivity index (χ0v) is 42.7. The van der Waals surface area contributed by atoms with Gasteiger partial charge in [-0.15, -0.1) is 0 Å². The van der Waals surface area contributed by atoms with Crippen LogP contribution in [-0.4, -0.2) is 168 Å². The summed E-state index contributed by atoms with van der Waals surface area (Å²) in [4.78, 5) is 19.0. The molecule has 0 amide bonds. The lowest BCUT2D eigenvalue weighted by molar-refractivity contribution is -0.334. The van der Waals surface area contributed by atoms with Gasteiger partial charge in [0, 0.05) is 51.2 Å². The molecule has 15 nitrogen and oxygen atoms in total. The summed E-state index contributed by atoms with van der Waals surface area (Å²) < 4.78 is 44.9. The van der Waals surface area contributed by atoms with Gasteiger partial charge in [-0.25, -0.2) is 0 Å². The number of carbonyl (C=O) groups excluding carboxylic acids is 1. The molecule has 3 fully saturated rings. The summed E-state index contributed by atoms with van der Waals surface area (Å²) in [6, 6.07) is 7.49. The Labute approximate surface area is 391 Å². The van der Waals surface area contributed by atoms with Gasteiger partial charge in [0.1, 0.15) is 34.8 Å². The molecule has 0 radical (unpaired) electrons. The highest BCUT2D eigenvalue weighted by Crippen LogP contribution is 2.45. The Balaban J connectivity index is 1.79. The Morgan fingerprint density at radius 3 is 2.14 bits per heavy atom. The van der Waals surface area contributed by atoms with Crippen LogP contribution in [0.1, 0.15) is 121 Å². The van der Waals surface area contributed by atoms with E-state index in [4.69, 9.17) is 33.2 Å². The van der Waals surface area contributed by atoms with E-state index < -0.39 is 89.2 Å². The minimum atomic E-state index is -1.76. The molecule has 0 saturated carbocycles. The third-order valence-corrected chi connectivity index (χ3v) is 15.2. The molecule has 4 rings (SSSR count). The molecule has 17 atom stereocenters. The second-order valence-corrected chi connectivity index (χ2v) is 21.1. The van der Waals surface area contributed by atoms with Crippen molar-refractivity contribution in [3.8, 4) is 5.75 Å². The molecule has 5 N–H and O–H groups in total. The summed E-state index contributed by atoms with van der Waals surface area (Å²) in [7, 11) is 7.07. The minimum Gasteiger partial charge on any atom is -0.497 e. The number of hydrogen-bond donors (Lipinski definition) is 5. The molecule has 0 aromatic heterocycles. The van der Waals surface area contributed by atoms with Crippen molar-refractivity contribution in [1.82, 2.24) is 15.1 Å². The van der Waals surface area contributed by atoms with Crippen LogP contribution in [0.5, 0.6) is 5.75 Å². The van der Waals surface area contributed by atoms with Crippen molar-refractivity contribution in [2.45, 2.75) is 206 Å². The number of carbonyl (C=O) groups is 1. The number of hydrogen-bond acceptors (Lipinski definition) is 15. The fourth-order valence-electron chi connectivity index (χ4n) is 11.0. The molecule has 3 aliphatic heterocycles. The predicted molar refractivity (Wildman–Crippen MR) is 250 cm³/mol. The van der Waals surface area contributed by atoms with Crippen molar-refractivity contribution in [2.24, 2.45) is 23.2 Å². The van der Waals surface area contributed by atoms with E-state index in [0.717, 1.165) is 24.3 Å².